The minimum atomic E-state index is 0.0449. The van der Waals surface area contributed by atoms with E-state index in [9.17, 15) is 4.79 Å². The number of carbonyl (C=O) groups excluding carboxylic acids is 1. The Labute approximate surface area is 159 Å². The first kappa shape index (κ1) is 17.1. The first-order valence-corrected chi connectivity index (χ1v) is 10.1. The molecule has 1 aromatic carbocycles. The van der Waals surface area contributed by atoms with Gasteiger partial charge in [0.2, 0.25) is 0 Å². The minimum Gasteiger partial charge on any atom is -0.489 e. The first-order valence-electron chi connectivity index (χ1n) is 10.1. The van der Waals surface area contributed by atoms with Crippen molar-refractivity contribution in [2.45, 2.75) is 25.4 Å². The van der Waals surface area contributed by atoms with Gasteiger partial charge in [0, 0.05) is 43.6 Å². The maximum atomic E-state index is 12.7. The van der Waals surface area contributed by atoms with Gasteiger partial charge in [-0.1, -0.05) is 0 Å². The maximum absolute atomic E-state index is 12.7. The van der Waals surface area contributed by atoms with Crippen LogP contribution >= 0.6 is 0 Å². The lowest BCUT2D eigenvalue weighted by Crippen LogP contribution is -2.40. The molecule has 2 aliphatic heterocycles. The summed E-state index contributed by atoms with van der Waals surface area (Å²) in [6.45, 7) is 5.95. The number of ether oxygens (including phenoxy) is 2. The largest absolute Gasteiger partial charge is 0.489 e. The molecule has 0 spiro atoms. The lowest BCUT2D eigenvalue weighted by Gasteiger charge is -2.26. The fraction of sp³-hybridized carbons (Fsp3) is 0.571. The molecule has 5 rings (SSSR count). The van der Waals surface area contributed by atoms with E-state index in [4.69, 9.17) is 9.47 Å². The van der Waals surface area contributed by atoms with Gasteiger partial charge in [-0.2, -0.15) is 0 Å². The highest BCUT2D eigenvalue weighted by Gasteiger charge is 2.30. The first-order chi connectivity index (χ1) is 13.2. The van der Waals surface area contributed by atoms with Crippen molar-refractivity contribution in [3.05, 3.63) is 30.0 Å². The summed E-state index contributed by atoms with van der Waals surface area (Å²) < 4.78 is 11.6. The molecule has 2 saturated heterocycles. The van der Waals surface area contributed by atoms with Crippen LogP contribution in [0.4, 0.5) is 0 Å². The summed E-state index contributed by atoms with van der Waals surface area (Å²) in [5.74, 6) is 1.87. The molecule has 2 aromatic rings. The van der Waals surface area contributed by atoms with Gasteiger partial charge in [0.25, 0.3) is 5.91 Å². The number of carbonyl (C=O) groups is 1. The van der Waals surface area contributed by atoms with Gasteiger partial charge in [-0.3, -0.25) is 9.69 Å². The third-order valence-electron chi connectivity index (χ3n) is 5.87. The van der Waals surface area contributed by atoms with E-state index in [2.05, 4.69) is 9.88 Å². The van der Waals surface area contributed by atoms with Crippen molar-refractivity contribution in [3.63, 3.8) is 0 Å². The van der Waals surface area contributed by atoms with E-state index >= 15 is 0 Å². The van der Waals surface area contributed by atoms with Crippen molar-refractivity contribution in [2.24, 2.45) is 5.92 Å². The van der Waals surface area contributed by atoms with Crippen molar-refractivity contribution in [3.8, 4) is 5.75 Å². The van der Waals surface area contributed by atoms with Gasteiger partial charge in [-0.05, 0) is 49.4 Å². The fourth-order valence-electron chi connectivity index (χ4n) is 4.15. The molecule has 3 aliphatic rings. The number of H-pyrrole nitrogens is 1. The van der Waals surface area contributed by atoms with E-state index in [0.29, 0.717) is 32.0 Å². The molecule has 1 aliphatic carbocycles. The van der Waals surface area contributed by atoms with Crippen LogP contribution in [-0.4, -0.2) is 72.7 Å². The van der Waals surface area contributed by atoms with Crippen LogP contribution in [-0.2, 0) is 4.74 Å². The van der Waals surface area contributed by atoms with Crippen molar-refractivity contribution in [2.75, 3.05) is 45.9 Å². The second-order valence-corrected chi connectivity index (χ2v) is 8.07. The quantitative estimate of drug-likeness (QED) is 0.880. The van der Waals surface area contributed by atoms with Crippen LogP contribution in [0.15, 0.2) is 24.3 Å². The summed E-state index contributed by atoms with van der Waals surface area (Å²) in [6, 6.07) is 8.00. The molecular weight excluding hydrogens is 342 g/mol. The molecule has 3 heterocycles. The van der Waals surface area contributed by atoms with Crippen LogP contribution in [0.1, 0.15) is 29.8 Å². The third-order valence-corrected chi connectivity index (χ3v) is 5.87. The number of nitrogens with zero attached hydrogens (tertiary/aromatic N) is 2. The third kappa shape index (κ3) is 3.82. The maximum Gasteiger partial charge on any atom is 0.270 e. The van der Waals surface area contributed by atoms with Gasteiger partial charge in [0.1, 0.15) is 17.5 Å². The van der Waals surface area contributed by atoms with Crippen LogP contribution in [0, 0.1) is 5.92 Å². The zero-order chi connectivity index (χ0) is 18.2. The molecule has 6 heteroatoms. The SMILES string of the molecule is O=C(c1cc2cc(OC3CCN(CC4CC4)C3)ccc2[nH]1)N1CCOCC1. The van der Waals surface area contributed by atoms with Gasteiger partial charge in [-0.25, -0.2) is 0 Å². The monoisotopic (exact) mass is 369 g/mol. The summed E-state index contributed by atoms with van der Waals surface area (Å²) in [6.07, 6.45) is 4.17. The topological polar surface area (TPSA) is 57.8 Å². The predicted octanol–water partition coefficient (Wildman–Crippen LogP) is 2.50. The molecule has 0 radical (unpaired) electrons. The van der Waals surface area contributed by atoms with Crippen LogP contribution in [0.5, 0.6) is 5.75 Å². The molecule has 1 unspecified atom stereocenters. The molecule has 1 aromatic heterocycles. The summed E-state index contributed by atoms with van der Waals surface area (Å²) >= 11 is 0. The van der Waals surface area contributed by atoms with E-state index in [1.54, 1.807) is 0 Å². The number of nitrogens with one attached hydrogen (secondary N) is 1. The van der Waals surface area contributed by atoms with Gasteiger partial charge in [-0.15, -0.1) is 0 Å². The Bertz CT molecular complexity index is 823. The number of fused-ring (bicyclic) bond motifs is 1. The average Bonchev–Trinajstić information content (AvgIpc) is 3.23. The number of morpholine rings is 1. The number of hydrogen-bond acceptors (Lipinski definition) is 4. The number of rotatable bonds is 5. The van der Waals surface area contributed by atoms with Crippen LogP contribution in [0.25, 0.3) is 10.9 Å². The highest BCUT2D eigenvalue weighted by atomic mass is 16.5. The van der Waals surface area contributed by atoms with Gasteiger partial charge < -0.3 is 19.4 Å². The Kier molecular flexibility index (Phi) is 4.53. The van der Waals surface area contributed by atoms with Crippen molar-refractivity contribution in [1.29, 1.82) is 0 Å². The number of benzene rings is 1. The normalized spacial score (nSPS) is 23.9. The highest BCUT2D eigenvalue weighted by Crippen LogP contribution is 2.31. The number of likely N-dealkylation sites (tertiary alicyclic amines) is 1. The van der Waals surface area contributed by atoms with Crippen molar-refractivity contribution < 1.29 is 14.3 Å². The number of aromatic amines is 1. The Hall–Kier alpha value is -2.05. The fourth-order valence-corrected chi connectivity index (χ4v) is 4.15. The van der Waals surface area contributed by atoms with E-state index in [1.807, 2.05) is 29.2 Å². The van der Waals surface area contributed by atoms with Gasteiger partial charge in [0.15, 0.2) is 0 Å². The van der Waals surface area contributed by atoms with Crippen LogP contribution < -0.4 is 4.74 Å². The Morgan fingerprint density at radius 1 is 1.15 bits per heavy atom. The molecule has 0 bridgehead atoms. The second-order valence-electron chi connectivity index (χ2n) is 8.07. The molecule has 1 amide bonds. The summed E-state index contributed by atoms with van der Waals surface area (Å²) in [4.78, 5) is 20.3. The van der Waals surface area contributed by atoms with Gasteiger partial charge >= 0.3 is 0 Å². The van der Waals surface area contributed by atoms with E-state index in [1.165, 1.54) is 19.4 Å². The molecule has 3 fully saturated rings. The van der Waals surface area contributed by atoms with E-state index < -0.39 is 0 Å². The smallest absolute Gasteiger partial charge is 0.270 e. The molecule has 1 N–H and O–H groups in total. The second kappa shape index (κ2) is 7.17. The highest BCUT2D eigenvalue weighted by molar-refractivity contribution is 5.98. The predicted molar refractivity (Wildman–Crippen MR) is 103 cm³/mol. The lowest BCUT2D eigenvalue weighted by atomic mass is 10.2. The summed E-state index contributed by atoms with van der Waals surface area (Å²) in [5, 5.41) is 1.02. The number of amides is 1. The van der Waals surface area contributed by atoms with Crippen LogP contribution in [0.3, 0.4) is 0 Å². The average molecular weight is 369 g/mol. The van der Waals surface area contributed by atoms with E-state index in [0.717, 1.165) is 42.1 Å². The zero-order valence-electron chi connectivity index (χ0n) is 15.7. The molecule has 1 saturated carbocycles. The van der Waals surface area contributed by atoms with Gasteiger partial charge in [0.05, 0.1) is 13.2 Å². The summed E-state index contributed by atoms with van der Waals surface area (Å²) in [5.41, 5.74) is 1.61. The minimum absolute atomic E-state index is 0.0449. The standard InChI is InChI=1S/C21H27N3O3/c25-21(24-7-9-26-10-8-24)20-12-16-11-17(3-4-19(16)22-20)27-18-5-6-23(14-18)13-15-1-2-15/h3-4,11-12,15,18,22H,1-2,5-10,13-14H2. The number of aromatic nitrogens is 1. The van der Waals surface area contributed by atoms with Crippen molar-refractivity contribution in [1.82, 2.24) is 14.8 Å². The lowest BCUT2D eigenvalue weighted by molar-refractivity contribution is 0.0299. The molecule has 1 atom stereocenters. The molecule has 27 heavy (non-hydrogen) atoms. The van der Waals surface area contributed by atoms with E-state index in [-0.39, 0.29) is 12.0 Å². The summed E-state index contributed by atoms with van der Waals surface area (Å²) in [7, 11) is 0. The van der Waals surface area contributed by atoms with Crippen LogP contribution in [0.2, 0.25) is 0 Å². The molecule has 6 nitrogen and oxygen atoms in total. The Morgan fingerprint density at radius 3 is 2.81 bits per heavy atom. The molecular formula is C21H27N3O3. The Balaban J connectivity index is 1.25. The number of hydrogen-bond donors (Lipinski definition) is 1. The zero-order valence-corrected chi connectivity index (χ0v) is 15.7. The Morgan fingerprint density at radius 2 is 2.00 bits per heavy atom. The van der Waals surface area contributed by atoms with Crippen molar-refractivity contribution >= 4 is 16.8 Å². The molecule has 144 valence electrons.